The minimum atomic E-state index is -1.04. The number of rotatable bonds is 6. The monoisotopic (exact) mass is 408 g/mol. The molecule has 0 saturated carbocycles. The number of terminal acetylenes is 1. The van der Waals surface area contributed by atoms with Crippen molar-refractivity contribution in [3.63, 3.8) is 0 Å². The molecule has 3 nitrogen and oxygen atoms in total. The van der Waals surface area contributed by atoms with E-state index in [4.69, 9.17) is 11.2 Å². The van der Waals surface area contributed by atoms with E-state index in [-0.39, 0.29) is 24.8 Å². The number of ether oxygens (including phenoxy) is 1. The Hall–Kier alpha value is -2.97. The van der Waals surface area contributed by atoms with Crippen molar-refractivity contribution in [2.24, 2.45) is 0 Å². The summed E-state index contributed by atoms with van der Waals surface area (Å²) in [7, 11) is -1.04. The molecule has 0 aliphatic heterocycles. The second-order valence-corrected chi connectivity index (χ2v) is 8.11. The molecule has 0 amide bonds. The normalized spacial score (nSPS) is 15.2. The standard InChI is InChI=1S/C24H21FO3S/c1-4-5-12-28-24(26)15-22-16(2)21(20-11-8-18(25)14-23(20)22)13-17-6-9-19(10-7-17)29(3)27/h1,6-11,13-14H,5,12,15H2,2-3H3/b21-13+. The van der Waals surface area contributed by atoms with Crippen molar-refractivity contribution < 1.29 is 18.1 Å². The van der Waals surface area contributed by atoms with Gasteiger partial charge in [0.2, 0.25) is 0 Å². The van der Waals surface area contributed by atoms with Gasteiger partial charge < -0.3 is 4.74 Å². The number of hydrogen-bond donors (Lipinski definition) is 0. The van der Waals surface area contributed by atoms with Gasteiger partial charge in [-0.1, -0.05) is 18.2 Å². The number of esters is 1. The maximum atomic E-state index is 13.9. The van der Waals surface area contributed by atoms with Gasteiger partial charge in [0.1, 0.15) is 12.4 Å². The molecule has 0 aromatic heterocycles. The summed E-state index contributed by atoms with van der Waals surface area (Å²) in [5, 5.41) is 0. The SMILES string of the molecule is C#CCCOC(=O)CC1=C(C)/C(=C\c2ccc(S(C)=O)cc2)c2ccc(F)cc21. The van der Waals surface area contributed by atoms with Gasteiger partial charge in [-0.25, -0.2) is 4.39 Å². The first-order valence-corrected chi connectivity index (χ1v) is 10.7. The van der Waals surface area contributed by atoms with E-state index < -0.39 is 10.8 Å². The smallest absolute Gasteiger partial charge is 0.310 e. The minimum absolute atomic E-state index is 0.0535. The summed E-state index contributed by atoms with van der Waals surface area (Å²) >= 11 is 0. The average molecular weight is 408 g/mol. The first-order chi connectivity index (χ1) is 13.9. The summed E-state index contributed by atoms with van der Waals surface area (Å²) in [6.45, 7) is 2.09. The predicted molar refractivity (Wildman–Crippen MR) is 115 cm³/mol. The Morgan fingerprint density at radius 2 is 1.93 bits per heavy atom. The van der Waals surface area contributed by atoms with Crippen LogP contribution in [0, 0.1) is 18.2 Å². The number of hydrogen-bond acceptors (Lipinski definition) is 3. The van der Waals surface area contributed by atoms with Gasteiger partial charge in [0.25, 0.3) is 0 Å². The van der Waals surface area contributed by atoms with E-state index in [0.717, 1.165) is 32.7 Å². The summed E-state index contributed by atoms with van der Waals surface area (Å²) in [6.07, 6.45) is 9.22. The summed E-state index contributed by atoms with van der Waals surface area (Å²) < 4.78 is 30.7. The molecule has 2 aromatic rings. The molecule has 0 bridgehead atoms. The zero-order chi connectivity index (χ0) is 21.0. The highest BCUT2D eigenvalue weighted by molar-refractivity contribution is 7.84. The summed E-state index contributed by atoms with van der Waals surface area (Å²) in [5.74, 6) is 1.68. The second kappa shape index (κ2) is 9.02. The molecule has 0 radical (unpaired) electrons. The number of carbonyl (C=O) groups excluding carboxylic acids is 1. The van der Waals surface area contributed by atoms with Gasteiger partial charge in [0.05, 0.1) is 6.42 Å². The van der Waals surface area contributed by atoms with E-state index in [0.29, 0.717) is 12.0 Å². The highest BCUT2D eigenvalue weighted by Crippen LogP contribution is 2.44. The number of benzene rings is 2. The van der Waals surface area contributed by atoms with Crippen molar-refractivity contribution in [2.75, 3.05) is 12.9 Å². The van der Waals surface area contributed by atoms with Crippen molar-refractivity contribution in [3.05, 3.63) is 70.5 Å². The molecule has 2 aromatic carbocycles. The molecule has 0 heterocycles. The lowest BCUT2D eigenvalue weighted by atomic mass is 10.0. The molecular formula is C24H21FO3S. The third kappa shape index (κ3) is 4.72. The maximum absolute atomic E-state index is 13.9. The van der Waals surface area contributed by atoms with Crippen LogP contribution in [0.15, 0.2) is 52.9 Å². The topological polar surface area (TPSA) is 43.4 Å². The molecule has 0 fully saturated rings. The number of allylic oxidation sites excluding steroid dienone is 2. The van der Waals surface area contributed by atoms with Crippen molar-refractivity contribution >= 4 is 34.0 Å². The average Bonchev–Trinajstić information content (AvgIpc) is 2.94. The largest absolute Gasteiger partial charge is 0.464 e. The summed E-state index contributed by atoms with van der Waals surface area (Å²) in [5.41, 5.74) is 5.09. The van der Waals surface area contributed by atoms with Crippen molar-refractivity contribution in [3.8, 4) is 12.3 Å². The van der Waals surface area contributed by atoms with Crippen LogP contribution in [0.1, 0.15) is 36.5 Å². The van der Waals surface area contributed by atoms with Crippen LogP contribution in [0.25, 0.3) is 17.2 Å². The lowest BCUT2D eigenvalue weighted by Gasteiger charge is -2.07. The Balaban J connectivity index is 1.97. The van der Waals surface area contributed by atoms with Crippen molar-refractivity contribution in [1.29, 1.82) is 0 Å². The third-order valence-electron chi connectivity index (χ3n) is 4.81. The third-order valence-corrected chi connectivity index (χ3v) is 5.74. The number of halogens is 1. The molecule has 1 aliphatic carbocycles. The molecule has 0 spiro atoms. The fourth-order valence-electron chi connectivity index (χ4n) is 3.32. The van der Waals surface area contributed by atoms with Crippen molar-refractivity contribution in [2.45, 2.75) is 24.7 Å². The highest BCUT2D eigenvalue weighted by Gasteiger charge is 2.26. The fraction of sp³-hybridized carbons (Fsp3) is 0.208. The van der Waals surface area contributed by atoms with E-state index in [1.807, 2.05) is 37.3 Å². The Kier molecular flexibility index (Phi) is 6.46. The Labute approximate surface area is 172 Å². The Morgan fingerprint density at radius 1 is 1.21 bits per heavy atom. The predicted octanol–water partition coefficient (Wildman–Crippen LogP) is 4.85. The van der Waals surface area contributed by atoms with Gasteiger partial charge in [0, 0.05) is 28.4 Å². The minimum Gasteiger partial charge on any atom is -0.464 e. The molecule has 0 N–H and O–H groups in total. The number of carbonyl (C=O) groups is 1. The fourth-order valence-corrected chi connectivity index (χ4v) is 3.84. The van der Waals surface area contributed by atoms with Crippen LogP contribution in [0.2, 0.25) is 0 Å². The van der Waals surface area contributed by atoms with E-state index in [1.165, 1.54) is 12.1 Å². The first kappa shape index (κ1) is 20.8. The van der Waals surface area contributed by atoms with Gasteiger partial charge in [-0.15, -0.1) is 12.3 Å². The van der Waals surface area contributed by atoms with Gasteiger partial charge in [-0.3, -0.25) is 9.00 Å². The summed E-state index contributed by atoms with van der Waals surface area (Å²) in [4.78, 5) is 13.0. The van der Waals surface area contributed by atoms with E-state index >= 15 is 0 Å². The van der Waals surface area contributed by atoms with Gasteiger partial charge in [-0.2, -0.15) is 0 Å². The van der Waals surface area contributed by atoms with Crippen LogP contribution in [0.4, 0.5) is 4.39 Å². The second-order valence-electron chi connectivity index (χ2n) is 6.73. The highest BCUT2D eigenvalue weighted by atomic mass is 32.2. The zero-order valence-electron chi connectivity index (χ0n) is 16.3. The Morgan fingerprint density at radius 3 is 2.59 bits per heavy atom. The van der Waals surface area contributed by atoms with Crippen LogP contribution >= 0.6 is 0 Å². The quantitative estimate of drug-likeness (QED) is 0.390. The molecule has 0 saturated heterocycles. The molecule has 1 unspecified atom stereocenters. The Bertz CT molecular complexity index is 1070. The molecule has 1 aliphatic rings. The molecule has 5 heteroatoms. The van der Waals surface area contributed by atoms with Gasteiger partial charge >= 0.3 is 5.97 Å². The maximum Gasteiger partial charge on any atom is 0.310 e. The number of fused-ring (bicyclic) bond motifs is 1. The van der Waals surface area contributed by atoms with Crippen LogP contribution in [0.5, 0.6) is 0 Å². The lowest BCUT2D eigenvalue weighted by molar-refractivity contribution is -0.142. The van der Waals surface area contributed by atoms with Gasteiger partial charge in [0.15, 0.2) is 0 Å². The van der Waals surface area contributed by atoms with Crippen LogP contribution in [0.3, 0.4) is 0 Å². The van der Waals surface area contributed by atoms with Gasteiger partial charge in [-0.05, 0) is 70.7 Å². The molecule has 29 heavy (non-hydrogen) atoms. The van der Waals surface area contributed by atoms with Crippen molar-refractivity contribution in [1.82, 2.24) is 0 Å². The first-order valence-electron chi connectivity index (χ1n) is 9.15. The van der Waals surface area contributed by atoms with E-state index in [2.05, 4.69) is 5.92 Å². The summed E-state index contributed by atoms with van der Waals surface area (Å²) in [6, 6.07) is 12.0. The molecular weight excluding hydrogens is 387 g/mol. The van der Waals surface area contributed by atoms with Crippen LogP contribution < -0.4 is 0 Å². The molecule has 1 atom stereocenters. The van der Waals surface area contributed by atoms with Crippen LogP contribution in [-0.2, 0) is 20.3 Å². The van der Waals surface area contributed by atoms with E-state index in [9.17, 15) is 13.4 Å². The van der Waals surface area contributed by atoms with E-state index in [1.54, 1.807) is 12.3 Å². The molecule has 3 rings (SSSR count). The zero-order valence-corrected chi connectivity index (χ0v) is 17.1. The van der Waals surface area contributed by atoms with Crippen LogP contribution in [-0.4, -0.2) is 23.0 Å². The molecule has 148 valence electrons. The lowest BCUT2D eigenvalue weighted by Crippen LogP contribution is -2.06.